The lowest BCUT2D eigenvalue weighted by Crippen LogP contribution is -2.11. The minimum absolute atomic E-state index is 0.363. The van der Waals surface area contributed by atoms with Gasteiger partial charge < -0.3 is 9.47 Å². The normalized spacial score (nSPS) is 25.9. The van der Waals surface area contributed by atoms with Crippen LogP contribution in [0.3, 0.4) is 0 Å². The Balaban J connectivity index is 1.90. The van der Waals surface area contributed by atoms with E-state index >= 15 is 0 Å². The largest absolute Gasteiger partial charge is 0.342 e. The number of hydrogen-bond acceptors (Lipinski definition) is 2. The number of hydrogen-bond donors (Lipinski definition) is 0. The Bertz CT molecular complexity index is 580. The Hall–Kier alpha value is -1.06. The van der Waals surface area contributed by atoms with Gasteiger partial charge in [-0.3, -0.25) is 0 Å². The average molecular weight is 308 g/mol. The summed E-state index contributed by atoms with van der Waals surface area (Å²) >= 11 is 12.4. The topological polar surface area (TPSA) is 18.5 Å². The molecule has 3 rings (SSSR count). The first-order valence-electron chi connectivity index (χ1n) is 6.29. The molecule has 4 heteroatoms. The van der Waals surface area contributed by atoms with Gasteiger partial charge >= 0.3 is 0 Å². The molecule has 0 bridgehead atoms. The van der Waals surface area contributed by atoms with Crippen LogP contribution in [-0.2, 0) is 9.47 Å². The molecule has 2 aromatic rings. The Kier molecular flexibility index (Phi) is 3.99. The van der Waals surface area contributed by atoms with Crippen molar-refractivity contribution in [3.05, 3.63) is 76.6 Å². The van der Waals surface area contributed by atoms with Gasteiger partial charge in [0.1, 0.15) is 6.10 Å². The summed E-state index contributed by atoms with van der Waals surface area (Å²) in [5, 5.41) is 1.13. The van der Waals surface area contributed by atoms with E-state index in [1.807, 2.05) is 30.3 Å². The third-order valence-corrected chi connectivity index (χ3v) is 3.92. The molecule has 20 heavy (non-hydrogen) atoms. The zero-order valence-electron chi connectivity index (χ0n) is 10.6. The summed E-state index contributed by atoms with van der Waals surface area (Å²) < 4.78 is 11.7. The van der Waals surface area contributed by atoms with Crippen LogP contribution < -0.4 is 0 Å². The van der Waals surface area contributed by atoms with Crippen LogP contribution in [0.25, 0.3) is 0 Å². The monoisotopic (exact) mass is 307 g/mol. The molecule has 0 amide bonds. The van der Waals surface area contributed by atoms with Crippen LogP contribution in [0.1, 0.15) is 23.5 Å². The second-order valence-corrected chi connectivity index (χ2v) is 5.42. The molecule has 2 nitrogen and oxygen atoms in total. The maximum Gasteiger partial charge on any atom is 0.185 e. The van der Waals surface area contributed by atoms with Crippen LogP contribution in [-0.4, -0.2) is 6.10 Å². The van der Waals surface area contributed by atoms with Crippen LogP contribution in [0, 0.1) is 6.92 Å². The smallest absolute Gasteiger partial charge is 0.185 e. The molecule has 0 aromatic heterocycles. The van der Waals surface area contributed by atoms with Crippen molar-refractivity contribution in [3.63, 3.8) is 0 Å². The highest BCUT2D eigenvalue weighted by Crippen LogP contribution is 2.44. The molecule has 0 saturated carbocycles. The first-order chi connectivity index (χ1) is 9.66. The zero-order chi connectivity index (χ0) is 14.1. The van der Waals surface area contributed by atoms with Crippen molar-refractivity contribution in [2.45, 2.75) is 18.5 Å². The van der Waals surface area contributed by atoms with E-state index in [9.17, 15) is 0 Å². The lowest BCUT2D eigenvalue weighted by molar-refractivity contribution is -0.0657. The van der Waals surface area contributed by atoms with Gasteiger partial charge in [0.05, 0.1) is 6.10 Å². The van der Waals surface area contributed by atoms with Gasteiger partial charge in [0.15, 0.2) is 6.29 Å². The van der Waals surface area contributed by atoms with Crippen molar-refractivity contribution in [2.24, 2.45) is 0 Å². The molecule has 1 heterocycles. The van der Waals surface area contributed by atoms with E-state index in [1.54, 1.807) is 18.2 Å². The lowest BCUT2D eigenvalue weighted by atomic mass is 10.1. The molecule has 0 N–H and O–H groups in total. The number of rotatable bonds is 2. The van der Waals surface area contributed by atoms with Crippen molar-refractivity contribution in [1.29, 1.82) is 0 Å². The Morgan fingerprint density at radius 1 is 0.850 bits per heavy atom. The Morgan fingerprint density at radius 2 is 1.50 bits per heavy atom. The molecular formula is C16H13Cl2O2. The zero-order valence-corrected chi connectivity index (χ0v) is 12.1. The minimum Gasteiger partial charge on any atom is -0.342 e. The van der Waals surface area contributed by atoms with Gasteiger partial charge in [0.2, 0.25) is 0 Å². The fourth-order valence-corrected chi connectivity index (χ4v) is 2.90. The molecule has 1 radical (unpaired) electrons. The van der Waals surface area contributed by atoms with E-state index in [-0.39, 0.29) is 12.2 Å². The van der Waals surface area contributed by atoms with Gasteiger partial charge in [-0.2, -0.15) is 0 Å². The van der Waals surface area contributed by atoms with Gasteiger partial charge in [-0.1, -0.05) is 59.6 Å². The summed E-state index contributed by atoms with van der Waals surface area (Å²) in [5.74, 6) is 0. The molecule has 1 saturated heterocycles. The maximum atomic E-state index is 6.22. The van der Waals surface area contributed by atoms with Gasteiger partial charge in [-0.05, 0) is 19.1 Å². The number of benzene rings is 2. The summed E-state index contributed by atoms with van der Waals surface area (Å²) in [7, 11) is 0. The Labute approximate surface area is 128 Å². The van der Waals surface area contributed by atoms with Crippen LogP contribution in [0.2, 0.25) is 10.0 Å². The molecule has 2 aromatic carbocycles. The third-order valence-electron chi connectivity index (χ3n) is 3.26. The van der Waals surface area contributed by atoms with Crippen molar-refractivity contribution in [2.75, 3.05) is 0 Å². The summed E-state index contributed by atoms with van der Waals surface area (Å²) in [6.07, 6.45) is -1.19. The summed E-state index contributed by atoms with van der Waals surface area (Å²) in [5.41, 5.74) is 1.68. The minimum atomic E-state index is -0.448. The molecule has 3 atom stereocenters. The van der Waals surface area contributed by atoms with Crippen LogP contribution in [0.15, 0.2) is 48.5 Å². The summed E-state index contributed by atoms with van der Waals surface area (Å²) in [6.45, 7) is 3.99. The van der Waals surface area contributed by atoms with E-state index in [4.69, 9.17) is 32.7 Å². The van der Waals surface area contributed by atoms with Gasteiger partial charge in [-0.15, -0.1) is 0 Å². The Morgan fingerprint density at radius 3 is 2.15 bits per heavy atom. The van der Waals surface area contributed by atoms with E-state index in [0.717, 1.165) is 11.1 Å². The van der Waals surface area contributed by atoms with Crippen molar-refractivity contribution in [1.82, 2.24) is 0 Å². The number of ether oxygens (including phenoxy) is 2. The second-order valence-electron chi connectivity index (χ2n) is 4.61. The van der Waals surface area contributed by atoms with Crippen LogP contribution in [0.5, 0.6) is 0 Å². The maximum absolute atomic E-state index is 6.22. The molecule has 1 fully saturated rings. The highest BCUT2D eigenvalue weighted by atomic mass is 35.5. The van der Waals surface area contributed by atoms with Crippen molar-refractivity contribution >= 4 is 23.2 Å². The molecule has 103 valence electrons. The summed E-state index contributed by atoms with van der Waals surface area (Å²) in [4.78, 5) is 0. The highest BCUT2D eigenvalue weighted by molar-refractivity contribution is 6.36. The summed E-state index contributed by atoms with van der Waals surface area (Å²) in [6, 6.07) is 15.1. The quantitative estimate of drug-likeness (QED) is 0.778. The van der Waals surface area contributed by atoms with E-state index in [2.05, 4.69) is 6.92 Å². The van der Waals surface area contributed by atoms with E-state index in [0.29, 0.717) is 10.0 Å². The lowest BCUT2D eigenvalue weighted by Gasteiger charge is -2.16. The molecule has 1 aliphatic rings. The van der Waals surface area contributed by atoms with E-state index in [1.165, 1.54) is 0 Å². The van der Waals surface area contributed by atoms with Gasteiger partial charge in [-0.25, -0.2) is 0 Å². The molecule has 0 aliphatic carbocycles. The number of halogens is 2. The van der Waals surface area contributed by atoms with Gasteiger partial charge in [0.25, 0.3) is 0 Å². The van der Waals surface area contributed by atoms with E-state index < -0.39 is 6.29 Å². The highest BCUT2D eigenvalue weighted by Gasteiger charge is 2.37. The van der Waals surface area contributed by atoms with Crippen molar-refractivity contribution in [3.8, 4) is 0 Å². The average Bonchev–Trinajstić information content (AvgIpc) is 2.82. The second kappa shape index (κ2) is 5.74. The van der Waals surface area contributed by atoms with Gasteiger partial charge in [0, 0.05) is 21.2 Å². The fourth-order valence-electron chi connectivity index (χ4n) is 2.29. The van der Waals surface area contributed by atoms with Crippen molar-refractivity contribution < 1.29 is 9.47 Å². The molecular weight excluding hydrogens is 295 g/mol. The first kappa shape index (κ1) is 13.9. The van der Waals surface area contributed by atoms with Crippen LogP contribution in [0.4, 0.5) is 0 Å². The molecule has 1 aliphatic heterocycles. The standard InChI is InChI=1S/C16H13Cl2O2/c1-10-15(14-12(17)8-5-9-13(14)18)20-16(19-10)11-6-3-2-4-7-11/h2-10,15-16H,1H2/t10-,15+,16?/m0/s1. The third kappa shape index (κ3) is 2.57. The fraction of sp³-hybridized carbons (Fsp3) is 0.188. The first-order valence-corrected chi connectivity index (χ1v) is 7.05. The SMILES string of the molecule is [CH2][C@@H]1OC(c2ccccc2)O[C@H]1c1c(Cl)cccc1Cl. The molecule has 0 spiro atoms. The predicted molar refractivity (Wildman–Crippen MR) is 79.7 cm³/mol. The van der Waals surface area contributed by atoms with Crippen LogP contribution >= 0.6 is 23.2 Å². The molecule has 1 unspecified atom stereocenters. The predicted octanol–water partition coefficient (Wildman–Crippen LogP) is 4.98.